The summed E-state index contributed by atoms with van der Waals surface area (Å²) in [5, 5.41) is 8.74. The molecule has 4 rings (SSSR count). The highest BCUT2D eigenvalue weighted by atomic mass is 32.2. The number of hydrogen-bond donors (Lipinski definition) is 2. The number of unbranched alkanes of at least 4 members (excludes halogenated alkanes) is 1. The van der Waals surface area contributed by atoms with E-state index in [1.54, 1.807) is 31.4 Å². The van der Waals surface area contributed by atoms with Crippen molar-refractivity contribution in [1.82, 2.24) is 4.72 Å². The van der Waals surface area contributed by atoms with Crippen molar-refractivity contribution in [2.24, 2.45) is 23.2 Å². The van der Waals surface area contributed by atoms with Crippen LogP contribution in [0, 0.1) is 23.2 Å². The van der Waals surface area contributed by atoms with E-state index in [1.165, 1.54) is 0 Å². The molecule has 0 spiro atoms. The van der Waals surface area contributed by atoms with Crippen LogP contribution in [0.4, 0.5) is 0 Å². The second-order valence-corrected chi connectivity index (χ2v) is 10.9. The molecular weight excluding hydrogens is 402 g/mol. The summed E-state index contributed by atoms with van der Waals surface area (Å²) in [6.45, 7) is 4.59. The third kappa shape index (κ3) is 4.89. The van der Waals surface area contributed by atoms with Crippen LogP contribution >= 0.6 is 0 Å². The molecule has 1 aromatic rings. The number of allylic oxidation sites excluding steroid dienone is 2. The number of hydrogen-bond acceptors (Lipinski definition) is 4. The van der Waals surface area contributed by atoms with E-state index < -0.39 is 16.0 Å². The van der Waals surface area contributed by atoms with Gasteiger partial charge in [-0.25, -0.2) is 13.1 Å². The van der Waals surface area contributed by atoms with E-state index in [9.17, 15) is 13.2 Å². The fraction of sp³-hybridized carbons (Fsp3) is 0.609. The lowest BCUT2D eigenvalue weighted by Gasteiger charge is -2.62. The molecule has 0 heterocycles. The maximum atomic E-state index is 13.0. The van der Waals surface area contributed by atoms with E-state index in [0.717, 1.165) is 25.7 Å². The number of aliphatic carboxylic acids is 1. The standard InChI is InChI=1S/C23H33NO5S/c1-23(2)16-14-20(23)19(8-6-4-5-7-9-22(25)26)21(15-16)24-30(27,28)18-12-10-17(29-3)11-13-18/h4,6,10-13,16,19-21,24H,5,7-9,14-15H2,1-3H3,(H,25,26)/b6-4-/t16-,19+,20+,21+/m1/s1. The highest BCUT2D eigenvalue weighted by molar-refractivity contribution is 7.89. The highest BCUT2D eigenvalue weighted by Gasteiger charge is 2.57. The Labute approximate surface area is 179 Å². The number of methoxy groups -OCH3 is 1. The van der Waals surface area contributed by atoms with Gasteiger partial charge < -0.3 is 9.84 Å². The van der Waals surface area contributed by atoms with Crippen molar-refractivity contribution in [3.63, 3.8) is 0 Å². The van der Waals surface area contributed by atoms with E-state index >= 15 is 0 Å². The number of nitrogens with one attached hydrogen (secondary N) is 1. The molecule has 0 aromatic heterocycles. The Morgan fingerprint density at radius 1 is 1.23 bits per heavy atom. The van der Waals surface area contributed by atoms with Crippen LogP contribution in [0.3, 0.4) is 0 Å². The largest absolute Gasteiger partial charge is 0.497 e. The van der Waals surface area contributed by atoms with Crippen LogP contribution in [0.15, 0.2) is 41.3 Å². The molecule has 6 nitrogen and oxygen atoms in total. The summed E-state index contributed by atoms with van der Waals surface area (Å²) in [5.74, 6) is 1.13. The van der Waals surface area contributed by atoms with Gasteiger partial charge in [0.1, 0.15) is 5.75 Å². The van der Waals surface area contributed by atoms with Crippen molar-refractivity contribution in [1.29, 1.82) is 0 Å². The molecule has 166 valence electrons. The second-order valence-electron chi connectivity index (χ2n) is 9.16. The van der Waals surface area contributed by atoms with E-state index in [1.807, 2.05) is 6.08 Å². The number of carboxylic acid groups (broad SMARTS) is 1. The van der Waals surface area contributed by atoms with Gasteiger partial charge in [-0.3, -0.25) is 4.79 Å². The number of benzene rings is 1. The first-order chi connectivity index (χ1) is 14.1. The van der Waals surface area contributed by atoms with Crippen molar-refractivity contribution >= 4 is 16.0 Å². The molecule has 3 aliphatic carbocycles. The number of fused-ring (bicyclic) bond motifs is 2. The van der Waals surface area contributed by atoms with Crippen LogP contribution in [0.1, 0.15) is 52.4 Å². The first-order valence-electron chi connectivity index (χ1n) is 10.7. The molecule has 2 bridgehead atoms. The van der Waals surface area contributed by atoms with Gasteiger partial charge in [0, 0.05) is 12.5 Å². The van der Waals surface area contributed by atoms with Crippen molar-refractivity contribution in [2.45, 2.75) is 63.3 Å². The summed E-state index contributed by atoms with van der Waals surface area (Å²) in [5.41, 5.74) is 0.240. The molecule has 0 saturated heterocycles. The predicted molar refractivity (Wildman–Crippen MR) is 116 cm³/mol. The quantitative estimate of drug-likeness (QED) is 0.424. The van der Waals surface area contributed by atoms with Gasteiger partial charge in [-0.2, -0.15) is 0 Å². The lowest BCUT2D eigenvalue weighted by Crippen LogP contribution is -2.61. The zero-order valence-corrected chi connectivity index (χ0v) is 18.8. The van der Waals surface area contributed by atoms with E-state index in [4.69, 9.17) is 9.84 Å². The third-order valence-corrected chi connectivity index (χ3v) is 8.64. The number of carboxylic acids is 1. The van der Waals surface area contributed by atoms with Crippen LogP contribution in [0.25, 0.3) is 0 Å². The molecular formula is C23H33NO5S. The molecule has 2 N–H and O–H groups in total. The van der Waals surface area contributed by atoms with E-state index in [-0.39, 0.29) is 28.7 Å². The van der Waals surface area contributed by atoms with Gasteiger partial charge >= 0.3 is 5.97 Å². The second kappa shape index (κ2) is 9.10. The maximum absolute atomic E-state index is 13.0. The Morgan fingerprint density at radius 2 is 1.93 bits per heavy atom. The van der Waals surface area contributed by atoms with Crippen LogP contribution in [-0.4, -0.2) is 32.6 Å². The fourth-order valence-electron chi connectivity index (χ4n) is 5.17. The summed E-state index contributed by atoms with van der Waals surface area (Å²) >= 11 is 0. The minimum atomic E-state index is -3.60. The minimum absolute atomic E-state index is 0.0856. The van der Waals surface area contributed by atoms with Crippen molar-refractivity contribution < 1.29 is 23.1 Å². The SMILES string of the molecule is COc1ccc(S(=O)(=O)N[C@H]2C[C@H]3C[C@@H]([C@@H]2C/C=C\CCCC(=O)O)C3(C)C)cc1. The molecule has 4 atom stereocenters. The van der Waals surface area contributed by atoms with Crippen molar-refractivity contribution in [3.05, 3.63) is 36.4 Å². The van der Waals surface area contributed by atoms with Crippen LogP contribution in [0.2, 0.25) is 0 Å². The molecule has 3 aliphatic rings. The van der Waals surface area contributed by atoms with Crippen LogP contribution in [-0.2, 0) is 14.8 Å². The maximum Gasteiger partial charge on any atom is 0.303 e. The van der Waals surface area contributed by atoms with Gasteiger partial charge in [0.05, 0.1) is 12.0 Å². The topological polar surface area (TPSA) is 92.7 Å². The Bertz CT molecular complexity index is 875. The Hall–Kier alpha value is -1.86. The van der Waals surface area contributed by atoms with Crippen molar-refractivity contribution in [3.8, 4) is 5.75 Å². The molecule has 3 saturated carbocycles. The van der Waals surface area contributed by atoms with Gasteiger partial charge in [-0.05, 0) is 79.5 Å². The van der Waals surface area contributed by atoms with E-state index in [2.05, 4.69) is 24.6 Å². The molecule has 0 amide bonds. The Balaban J connectivity index is 1.68. The molecule has 0 radical (unpaired) electrons. The summed E-state index contributed by atoms with van der Waals surface area (Å²) < 4.78 is 34.1. The molecule has 30 heavy (non-hydrogen) atoms. The smallest absolute Gasteiger partial charge is 0.303 e. The van der Waals surface area contributed by atoms with Crippen LogP contribution < -0.4 is 9.46 Å². The Kier molecular flexibility index (Phi) is 6.92. The first kappa shape index (κ1) is 22.8. The highest BCUT2D eigenvalue weighted by Crippen LogP contribution is 2.62. The van der Waals surface area contributed by atoms with Gasteiger partial charge in [-0.1, -0.05) is 26.0 Å². The van der Waals surface area contributed by atoms with Crippen molar-refractivity contribution in [2.75, 3.05) is 7.11 Å². The molecule has 7 heteroatoms. The summed E-state index contributed by atoms with van der Waals surface area (Å²) in [6.07, 6.45) is 8.51. The van der Waals surface area contributed by atoms with Gasteiger partial charge in [0.25, 0.3) is 0 Å². The summed E-state index contributed by atoms with van der Waals surface area (Å²) in [6, 6.07) is 6.39. The first-order valence-corrected chi connectivity index (χ1v) is 12.2. The summed E-state index contributed by atoms with van der Waals surface area (Å²) in [7, 11) is -2.05. The van der Waals surface area contributed by atoms with Gasteiger partial charge in [-0.15, -0.1) is 0 Å². The van der Waals surface area contributed by atoms with Crippen LogP contribution in [0.5, 0.6) is 5.75 Å². The van der Waals surface area contributed by atoms with Gasteiger partial charge in [0.15, 0.2) is 0 Å². The van der Waals surface area contributed by atoms with E-state index in [0.29, 0.717) is 24.0 Å². The number of rotatable bonds is 10. The third-order valence-electron chi connectivity index (χ3n) is 7.13. The zero-order valence-electron chi connectivity index (χ0n) is 18.0. The lowest BCUT2D eigenvalue weighted by atomic mass is 9.44. The fourth-order valence-corrected chi connectivity index (χ4v) is 6.47. The number of carbonyl (C=O) groups is 1. The summed E-state index contributed by atoms with van der Waals surface area (Å²) in [4.78, 5) is 10.9. The zero-order chi connectivity index (χ0) is 21.9. The average molecular weight is 436 g/mol. The molecule has 3 fully saturated rings. The van der Waals surface area contributed by atoms with Gasteiger partial charge in [0.2, 0.25) is 10.0 Å². The molecule has 0 unspecified atom stereocenters. The molecule has 0 aliphatic heterocycles. The number of sulfonamides is 1. The monoisotopic (exact) mass is 435 g/mol. The number of ether oxygens (including phenoxy) is 1. The predicted octanol–water partition coefficient (Wildman–Crippen LogP) is 4.23. The normalized spacial score (nSPS) is 27.6. The molecule has 1 aromatic carbocycles. The minimum Gasteiger partial charge on any atom is -0.497 e. The Morgan fingerprint density at radius 3 is 2.53 bits per heavy atom. The average Bonchev–Trinajstić information content (AvgIpc) is 2.70. The lowest BCUT2D eigenvalue weighted by molar-refractivity contribution is -0.137.